The molecule has 1 saturated carbocycles. The van der Waals surface area contributed by atoms with Crippen LogP contribution in [-0.2, 0) is 4.74 Å². The summed E-state index contributed by atoms with van der Waals surface area (Å²) in [6, 6.07) is 0.832. The van der Waals surface area contributed by atoms with Crippen molar-refractivity contribution in [1.29, 1.82) is 0 Å². The van der Waals surface area contributed by atoms with Crippen molar-refractivity contribution in [3.05, 3.63) is 12.5 Å². The number of rotatable bonds is 4. The molecule has 1 aliphatic heterocycles. The Bertz CT molecular complexity index is 326. The van der Waals surface area contributed by atoms with Crippen LogP contribution in [0.5, 0.6) is 0 Å². The molecule has 0 bridgehead atoms. The topological polar surface area (TPSA) is 15.7 Å². The Balaban J connectivity index is 1.76. The molecule has 1 aliphatic carbocycles. The molecule has 2 atom stereocenters. The van der Waals surface area contributed by atoms with Crippen molar-refractivity contribution in [2.75, 3.05) is 26.2 Å². The van der Waals surface area contributed by atoms with Gasteiger partial charge < -0.3 is 9.64 Å². The molecule has 116 valence electrons. The van der Waals surface area contributed by atoms with Gasteiger partial charge >= 0.3 is 0 Å². The molecule has 0 spiro atoms. The van der Waals surface area contributed by atoms with E-state index in [1.54, 1.807) is 0 Å². The maximum atomic E-state index is 5.89. The lowest BCUT2D eigenvalue weighted by Gasteiger charge is -2.40. The third-order valence-electron chi connectivity index (χ3n) is 4.70. The van der Waals surface area contributed by atoms with Crippen LogP contribution >= 0.6 is 0 Å². The molecule has 1 heterocycles. The highest BCUT2D eigenvalue weighted by Crippen LogP contribution is 2.32. The molecule has 3 nitrogen and oxygen atoms in total. The van der Waals surface area contributed by atoms with Crippen LogP contribution in [0.1, 0.15) is 53.4 Å². The van der Waals surface area contributed by atoms with Crippen molar-refractivity contribution in [3.63, 3.8) is 0 Å². The summed E-state index contributed by atoms with van der Waals surface area (Å²) < 4.78 is 5.89. The first-order valence-corrected chi connectivity index (χ1v) is 8.26. The summed E-state index contributed by atoms with van der Waals surface area (Å²) in [5, 5.41) is 0. The van der Waals surface area contributed by atoms with Crippen molar-refractivity contribution in [1.82, 2.24) is 9.80 Å². The zero-order valence-corrected chi connectivity index (χ0v) is 13.8. The van der Waals surface area contributed by atoms with Crippen molar-refractivity contribution in [2.45, 2.75) is 65.0 Å². The number of hydrogen-bond donors (Lipinski definition) is 0. The largest absolute Gasteiger partial charge is 0.474 e. The van der Waals surface area contributed by atoms with Gasteiger partial charge in [-0.1, -0.05) is 13.3 Å². The minimum atomic E-state index is -0.145. The second-order valence-corrected chi connectivity index (χ2v) is 7.37. The molecule has 0 aromatic heterocycles. The summed E-state index contributed by atoms with van der Waals surface area (Å²) in [4.78, 5) is 4.99. The summed E-state index contributed by atoms with van der Waals surface area (Å²) in [6.07, 6.45) is 5.60. The molecule has 0 aromatic rings. The number of nitrogens with zero attached hydrogens (tertiary/aromatic N) is 2. The first-order chi connectivity index (χ1) is 9.39. The maximum absolute atomic E-state index is 5.89. The van der Waals surface area contributed by atoms with Crippen molar-refractivity contribution in [3.8, 4) is 0 Å². The predicted molar refractivity (Wildman–Crippen MR) is 84.5 cm³/mol. The number of ether oxygens (including phenoxy) is 1. The Labute approximate surface area is 125 Å². The molecule has 2 unspecified atom stereocenters. The van der Waals surface area contributed by atoms with Gasteiger partial charge in [0.2, 0.25) is 0 Å². The first-order valence-electron chi connectivity index (χ1n) is 8.26. The van der Waals surface area contributed by atoms with E-state index < -0.39 is 0 Å². The molecule has 2 rings (SSSR count). The second kappa shape index (κ2) is 6.38. The van der Waals surface area contributed by atoms with Gasteiger partial charge in [0.15, 0.2) is 5.88 Å². The highest BCUT2D eigenvalue weighted by atomic mass is 16.5. The van der Waals surface area contributed by atoms with Gasteiger partial charge in [0, 0.05) is 32.2 Å². The van der Waals surface area contributed by atoms with E-state index in [1.165, 1.54) is 25.7 Å². The molecular weight excluding hydrogens is 248 g/mol. The standard InChI is InChI=1S/C17H32N2O/c1-6-15-7-8-16(13-15)19-11-9-18(10-12-19)14(2)20-17(3,4)5/h15-16H,2,6-13H2,1,3-5H3. The second-order valence-electron chi connectivity index (χ2n) is 7.37. The van der Waals surface area contributed by atoms with Gasteiger partial charge in [-0.15, -0.1) is 0 Å². The van der Waals surface area contributed by atoms with Crippen molar-refractivity contribution < 1.29 is 4.74 Å². The van der Waals surface area contributed by atoms with Crippen LogP contribution in [0.25, 0.3) is 0 Å². The van der Waals surface area contributed by atoms with Crippen LogP contribution in [0.15, 0.2) is 12.5 Å². The van der Waals surface area contributed by atoms with Gasteiger partial charge in [0.25, 0.3) is 0 Å². The fraction of sp³-hybridized carbons (Fsp3) is 0.882. The van der Waals surface area contributed by atoms with Crippen molar-refractivity contribution in [2.24, 2.45) is 5.92 Å². The van der Waals surface area contributed by atoms with Gasteiger partial charge in [-0.05, 0) is 52.5 Å². The zero-order chi connectivity index (χ0) is 14.8. The minimum absolute atomic E-state index is 0.145. The summed E-state index contributed by atoms with van der Waals surface area (Å²) in [5.74, 6) is 1.81. The van der Waals surface area contributed by atoms with E-state index in [0.717, 1.165) is 44.0 Å². The van der Waals surface area contributed by atoms with E-state index >= 15 is 0 Å². The molecule has 20 heavy (non-hydrogen) atoms. The Morgan fingerprint density at radius 2 is 1.80 bits per heavy atom. The lowest BCUT2D eigenvalue weighted by molar-refractivity contribution is -0.0138. The molecular formula is C17H32N2O. The van der Waals surface area contributed by atoms with E-state index in [9.17, 15) is 0 Å². The predicted octanol–water partition coefficient (Wildman–Crippen LogP) is 3.47. The monoisotopic (exact) mass is 280 g/mol. The highest BCUT2D eigenvalue weighted by molar-refractivity contribution is 4.92. The van der Waals surface area contributed by atoms with E-state index in [4.69, 9.17) is 4.74 Å². The summed E-state index contributed by atoms with van der Waals surface area (Å²) >= 11 is 0. The molecule has 0 amide bonds. The normalized spacial score (nSPS) is 28.7. The Morgan fingerprint density at radius 1 is 1.15 bits per heavy atom. The van der Waals surface area contributed by atoms with E-state index in [2.05, 4.69) is 44.1 Å². The van der Waals surface area contributed by atoms with Crippen LogP contribution in [0.2, 0.25) is 0 Å². The zero-order valence-electron chi connectivity index (χ0n) is 13.8. The van der Waals surface area contributed by atoms with Gasteiger partial charge in [0.1, 0.15) is 5.60 Å². The fourth-order valence-corrected chi connectivity index (χ4v) is 3.51. The minimum Gasteiger partial charge on any atom is -0.474 e. The third-order valence-corrected chi connectivity index (χ3v) is 4.70. The maximum Gasteiger partial charge on any atom is 0.182 e. The van der Waals surface area contributed by atoms with Crippen LogP contribution in [0.3, 0.4) is 0 Å². The van der Waals surface area contributed by atoms with Gasteiger partial charge in [-0.2, -0.15) is 0 Å². The third kappa shape index (κ3) is 4.15. The van der Waals surface area contributed by atoms with Crippen LogP contribution in [0.4, 0.5) is 0 Å². The smallest absolute Gasteiger partial charge is 0.182 e. The number of hydrogen-bond acceptors (Lipinski definition) is 3. The quantitative estimate of drug-likeness (QED) is 0.733. The van der Waals surface area contributed by atoms with E-state index in [0.29, 0.717) is 0 Å². The Hall–Kier alpha value is -0.700. The van der Waals surface area contributed by atoms with Gasteiger partial charge in [0.05, 0.1) is 0 Å². The summed E-state index contributed by atoms with van der Waals surface area (Å²) in [5.41, 5.74) is -0.145. The molecule has 1 saturated heterocycles. The SMILES string of the molecule is C=C(OC(C)(C)C)N1CCN(C2CCC(CC)C2)CC1. The summed E-state index contributed by atoms with van der Waals surface area (Å²) in [7, 11) is 0. The van der Waals surface area contributed by atoms with Crippen molar-refractivity contribution >= 4 is 0 Å². The first kappa shape index (κ1) is 15.7. The molecule has 0 N–H and O–H groups in total. The molecule has 2 aliphatic rings. The van der Waals surface area contributed by atoms with Crippen LogP contribution in [0, 0.1) is 5.92 Å². The Kier molecular flexibility index (Phi) is 5.00. The lowest BCUT2D eigenvalue weighted by atomic mass is 10.0. The molecule has 0 radical (unpaired) electrons. The molecule has 0 aromatic carbocycles. The van der Waals surface area contributed by atoms with Crippen LogP contribution in [-0.4, -0.2) is 47.6 Å². The fourth-order valence-electron chi connectivity index (χ4n) is 3.51. The van der Waals surface area contributed by atoms with E-state index in [1.807, 2.05) is 0 Å². The van der Waals surface area contributed by atoms with Crippen LogP contribution < -0.4 is 0 Å². The molecule has 2 fully saturated rings. The van der Waals surface area contributed by atoms with Gasteiger partial charge in [-0.3, -0.25) is 4.90 Å². The lowest BCUT2D eigenvalue weighted by Crippen LogP contribution is -2.49. The average Bonchev–Trinajstić information content (AvgIpc) is 2.85. The van der Waals surface area contributed by atoms with Gasteiger partial charge in [-0.25, -0.2) is 0 Å². The highest BCUT2D eigenvalue weighted by Gasteiger charge is 2.31. The number of piperazine rings is 1. The molecule has 3 heteroatoms. The Morgan fingerprint density at radius 3 is 2.30 bits per heavy atom. The average molecular weight is 280 g/mol. The summed E-state index contributed by atoms with van der Waals surface area (Å²) in [6.45, 7) is 17.1. The van der Waals surface area contributed by atoms with E-state index in [-0.39, 0.29) is 5.60 Å².